The molecule has 1 unspecified atom stereocenters. The van der Waals surface area contributed by atoms with Gasteiger partial charge >= 0.3 is 0 Å². The van der Waals surface area contributed by atoms with Crippen LogP contribution in [0.5, 0.6) is 0 Å². The summed E-state index contributed by atoms with van der Waals surface area (Å²) in [6.45, 7) is 7.52. The van der Waals surface area contributed by atoms with Gasteiger partial charge in [0.1, 0.15) is 0 Å². The van der Waals surface area contributed by atoms with E-state index in [1.165, 1.54) is 30.5 Å². The second kappa shape index (κ2) is 7.78. The molecule has 0 bridgehead atoms. The third-order valence-electron chi connectivity index (χ3n) is 4.94. The molecule has 1 aromatic carbocycles. The molecule has 2 aliphatic heterocycles. The second-order valence-corrected chi connectivity index (χ2v) is 7.09. The first-order valence-corrected chi connectivity index (χ1v) is 8.93. The fourth-order valence-corrected chi connectivity index (χ4v) is 3.88. The highest BCUT2D eigenvalue weighted by Gasteiger charge is 2.26. The molecule has 124 valence electrons. The lowest BCUT2D eigenvalue weighted by molar-refractivity contribution is -0.128. The van der Waals surface area contributed by atoms with Crippen molar-refractivity contribution in [2.75, 3.05) is 32.7 Å². The summed E-state index contributed by atoms with van der Waals surface area (Å²) in [4.78, 5) is 16.5. The van der Waals surface area contributed by atoms with Crippen LogP contribution >= 0.6 is 0 Å². The molecule has 1 atom stereocenters. The summed E-state index contributed by atoms with van der Waals surface area (Å²) in [5.74, 6) is 1.01. The van der Waals surface area contributed by atoms with Crippen molar-refractivity contribution >= 4 is 12.0 Å². The molecule has 1 amide bonds. The van der Waals surface area contributed by atoms with Gasteiger partial charge in [-0.15, -0.1) is 0 Å². The van der Waals surface area contributed by atoms with Gasteiger partial charge in [0, 0.05) is 32.6 Å². The minimum atomic E-state index is 0.363. The monoisotopic (exact) mass is 312 g/mol. The first kappa shape index (κ1) is 16.3. The molecule has 0 aromatic heterocycles. The number of hydrogen-bond acceptors (Lipinski definition) is 2. The third-order valence-corrected chi connectivity index (χ3v) is 4.94. The summed E-state index contributed by atoms with van der Waals surface area (Å²) in [7, 11) is 0. The van der Waals surface area contributed by atoms with E-state index in [4.69, 9.17) is 0 Å². The zero-order valence-corrected chi connectivity index (χ0v) is 14.2. The first-order valence-electron chi connectivity index (χ1n) is 8.93. The van der Waals surface area contributed by atoms with Crippen molar-refractivity contribution in [3.05, 3.63) is 41.5 Å². The molecule has 0 N–H and O–H groups in total. The average molecular weight is 312 g/mol. The summed E-state index contributed by atoms with van der Waals surface area (Å²) in [5.41, 5.74) is 2.69. The van der Waals surface area contributed by atoms with Crippen LogP contribution in [0.25, 0.3) is 6.08 Å². The lowest BCUT2D eigenvalue weighted by Gasteiger charge is -2.34. The number of piperidine rings is 1. The summed E-state index contributed by atoms with van der Waals surface area (Å²) < 4.78 is 0. The van der Waals surface area contributed by atoms with Gasteiger partial charge in [-0.3, -0.25) is 9.69 Å². The Morgan fingerprint density at radius 1 is 1.22 bits per heavy atom. The van der Waals surface area contributed by atoms with E-state index < -0.39 is 0 Å². The fourth-order valence-electron chi connectivity index (χ4n) is 3.88. The summed E-state index contributed by atoms with van der Waals surface area (Å²) >= 11 is 0. The molecular weight excluding hydrogens is 284 g/mol. The number of rotatable bonds is 5. The molecular formula is C20H28N2O. The van der Waals surface area contributed by atoms with Gasteiger partial charge in [-0.1, -0.05) is 42.0 Å². The number of carbonyl (C=O) groups excluding carboxylic acids is 1. The summed E-state index contributed by atoms with van der Waals surface area (Å²) in [6, 6.07) is 10.5. The lowest BCUT2D eigenvalue weighted by Crippen LogP contribution is -2.41. The molecule has 0 spiro atoms. The van der Waals surface area contributed by atoms with E-state index in [1.807, 2.05) is 0 Å². The zero-order valence-electron chi connectivity index (χ0n) is 14.2. The van der Waals surface area contributed by atoms with Crippen molar-refractivity contribution in [3.8, 4) is 0 Å². The lowest BCUT2D eigenvalue weighted by atomic mass is 9.97. The van der Waals surface area contributed by atoms with Crippen molar-refractivity contribution in [2.24, 2.45) is 5.92 Å². The summed E-state index contributed by atoms with van der Waals surface area (Å²) in [6.07, 6.45) is 6.62. The highest BCUT2D eigenvalue weighted by molar-refractivity contribution is 5.78. The zero-order chi connectivity index (χ0) is 16.1. The number of carbonyl (C=O) groups is 1. The van der Waals surface area contributed by atoms with Gasteiger partial charge in [0.15, 0.2) is 0 Å². The van der Waals surface area contributed by atoms with E-state index in [-0.39, 0.29) is 0 Å². The van der Waals surface area contributed by atoms with E-state index in [0.717, 1.165) is 39.0 Å². The SMILES string of the molecule is C/C(=C\c1ccccc1)CN1CCCC(CN2CCCC2=O)C1. The molecule has 23 heavy (non-hydrogen) atoms. The standard InChI is InChI=1S/C20H28N2O/c1-17(13-18-7-3-2-4-8-18)14-21-11-5-9-19(15-21)16-22-12-6-10-20(22)23/h2-4,7-8,13,19H,5-6,9-12,14-16H2,1H3/b17-13+. The predicted octanol–water partition coefficient (Wildman–Crippen LogP) is 3.42. The minimum absolute atomic E-state index is 0.363. The summed E-state index contributed by atoms with van der Waals surface area (Å²) in [5, 5.41) is 0. The van der Waals surface area contributed by atoms with Gasteiger partial charge in [0.25, 0.3) is 0 Å². The van der Waals surface area contributed by atoms with E-state index >= 15 is 0 Å². The van der Waals surface area contributed by atoms with E-state index in [1.54, 1.807) is 0 Å². The predicted molar refractivity (Wildman–Crippen MR) is 95.1 cm³/mol. The number of likely N-dealkylation sites (tertiary alicyclic amines) is 2. The van der Waals surface area contributed by atoms with Gasteiger partial charge < -0.3 is 4.90 Å². The molecule has 3 rings (SSSR count). The highest BCUT2D eigenvalue weighted by atomic mass is 16.2. The van der Waals surface area contributed by atoms with Crippen LogP contribution in [0.1, 0.15) is 38.2 Å². The Morgan fingerprint density at radius 2 is 2.04 bits per heavy atom. The first-order chi connectivity index (χ1) is 11.2. The number of amides is 1. The van der Waals surface area contributed by atoms with Gasteiger partial charge in [0.05, 0.1) is 0 Å². The van der Waals surface area contributed by atoms with Crippen molar-refractivity contribution in [1.29, 1.82) is 0 Å². The van der Waals surface area contributed by atoms with E-state index in [2.05, 4.69) is 53.1 Å². The quantitative estimate of drug-likeness (QED) is 0.831. The Kier molecular flexibility index (Phi) is 5.50. The highest BCUT2D eigenvalue weighted by Crippen LogP contribution is 2.21. The van der Waals surface area contributed by atoms with Crippen LogP contribution in [-0.4, -0.2) is 48.4 Å². The third kappa shape index (κ3) is 4.68. The van der Waals surface area contributed by atoms with E-state index in [0.29, 0.717) is 11.8 Å². The van der Waals surface area contributed by atoms with Crippen molar-refractivity contribution in [3.63, 3.8) is 0 Å². The van der Waals surface area contributed by atoms with Crippen LogP contribution < -0.4 is 0 Å². The normalized spacial score (nSPS) is 23.5. The van der Waals surface area contributed by atoms with Crippen LogP contribution in [0.2, 0.25) is 0 Å². The van der Waals surface area contributed by atoms with E-state index in [9.17, 15) is 4.79 Å². The maximum atomic E-state index is 11.8. The molecule has 3 heteroatoms. The van der Waals surface area contributed by atoms with Crippen LogP contribution in [0.4, 0.5) is 0 Å². The minimum Gasteiger partial charge on any atom is -0.342 e. The molecule has 0 aliphatic carbocycles. The van der Waals surface area contributed by atoms with Crippen LogP contribution in [0.15, 0.2) is 35.9 Å². The number of nitrogens with zero attached hydrogens (tertiary/aromatic N) is 2. The Bertz CT molecular complexity index is 552. The Labute approximate surface area is 140 Å². The fraction of sp³-hybridized carbons (Fsp3) is 0.550. The molecule has 2 aliphatic rings. The van der Waals surface area contributed by atoms with Gasteiger partial charge in [-0.05, 0) is 44.2 Å². The number of benzene rings is 1. The van der Waals surface area contributed by atoms with Crippen LogP contribution in [0, 0.1) is 5.92 Å². The maximum Gasteiger partial charge on any atom is 0.222 e. The average Bonchev–Trinajstić information content (AvgIpc) is 2.93. The largest absolute Gasteiger partial charge is 0.342 e. The van der Waals surface area contributed by atoms with Gasteiger partial charge in [-0.2, -0.15) is 0 Å². The second-order valence-electron chi connectivity index (χ2n) is 7.09. The van der Waals surface area contributed by atoms with Crippen LogP contribution in [0.3, 0.4) is 0 Å². The Morgan fingerprint density at radius 3 is 2.78 bits per heavy atom. The van der Waals surface area contributed by atoms with Crippen molar-refractivity contribution in [2.45, 2.75) is 32.6 Å². The molecule has 0 saturated carbocycles. The van der Waals surface area contributed by atoms with Crippen molar-refractivity contribution < 1.29 is 4.79 Å². The molecule has 1 aromatic rings. The van der Waals surface area contributed by atoms with Gasteiger partial charge in [0.2, 0.25) is 5.91 Å². The van der Waals surface area contributed by atoms with Gasteiger partial charge in [-0.25, -0.2) is 0 Å². The van der Waals surface area contributed by atoms with Crippen molar-refractivity contribution in [1.82, 2.24) is 9.80 Å². The smallest absolute Gasteiger partial charge is 0.222 e. The number of hydrogen-bond donors (Lipinski definition) is 0. The molecule has 3 nitrogen and oxygen atoms in total. The topological polar surface area (TPSA) is 23.6 Å². The molecule has 2 fully saturated rings. The Hall–Kier alpha value is -1.61. The molecule has 2 saturated heterocycles. The molecule has 2 heterocycles. The molecule has 0 radical (unpaired) electrons. The maximum absolute atomic E-state index is 11.8. The van der Waals surface area contributed by atoms with Crippen LogP contribution in [-0.2, 0) is 4.79 Å². The Balaban J connectivity index is 1.52.